The molecule has 2 aromatic rings. The van der Waals surface area contributed by atoms with Crippen LogP contribution in [0.3, 0.4) is 0 Å². The van der Waals surface area contributed by atoms with Gasteiger partial charge in [0.15, 0.2) is 5.78 Å². The molecule has 0 radical (unpaired) electrons. The van der Waals surface area contributed by atoms with Crippen LogP contribution in [0.2, 0.25) is 0 Å². The summed E-state index contributed by atoms with van der Waals surface area (Å²) in [6, 6.07) is 9.41. The van der Waals surface area contributed by atoms with Gasteiger partial charge < -0.3 is 10.3 Å². The van der Waals surface area contributed by atoms with Crippen LogP contribution in [-0.4, -0.2) is 16.7 Å². The molecule has 0 aliphatic carbocycles. The van der Waals surface area contributed by atoms with E-state index in [1.54, 1.807) is 37.3 Å². The van der Waals surface area contributed by atoms with Gasteiger partial charge in [0, 0.05) is 28.6 Å². The molecule has 1 heterocycles. The average Bonchev–Trinajstić information content (AvgIpc) is 2.38. The normalized spacial score (nSPS) is 10.1. The molecule has 0 bridgehead atoms. The van der Waals surface area contributed by atoms with Crippen LogP contribution in [-0.2, 0) is 0 Å². The molecule has 102 valence electrons. The number of H-pyrrole nitrogens is 1. The number of aromatic amines is 1. The van der Waals surface area contributed by atoms with Crippen LogP contribution >= 0.6 is 0 Å². The number of anilines is 1. The number of hydrogen-bond donors (Lipinski definition) is 2. The first-order valence-electron chi connectivity index (χ1n) is 6.09. The predicted molar refractivity (Wildman–Crippen MR) is 76.2 cm³/mol. The highest BCUT2D eigenvalue weighted by Gasteiger charge is 2.08. The standard InChI is InChI=1S/C15H14N2O3/c1-9-7-12(8-14(19)16-9)15(20)17-13-5-3-11(4-6-13)10(2)18/h3-8H,1-2H3,(H,16,19)(H,17,20). The van der Waals surface area contributed by atoms with Gasteiger partial charge >= 0.3 is 0 Å². The number of aryl methyl sites for hydroxylation is 1. The Balaban J connectivity index is 2.19. The Morgan fingerprint density at radius 1 is 1.05 bits per heavy atom. The van der Waals surface area contributed by atoms with E-state index < -0.39 is 0 Å². The molecule has 0 aliphatic rings. The maximum Gasteiger partial charge on any atom is 0.255 e. The van der Waals surface area contributed by atoms with Crippen LogP contribution in [0.1, 0.15) is 33.3 Å². The zero-order chi connectivity index (χ0) is 14.7. The summed E-state index contributed by atoms with van der Waals surface area (Å²) >= 11 is 0. The van der Waals surface area contributed by atoms with Crippen LogP contribution in [0.5, 0.6) is 0 Å². The fourth-order valence-corrected chi connectivity index (χ4v) is 1.81. The number of ketones is 1. The van der Waals surface area contributed by atoms with E-state index in [0.29, 0.717) is 22.5 Å². The quantitative estimate of drug-likeness (QED) is 0.839. The molecule has 0 aliphatic heterocycles. The van der Waals surface area contributed by atoms with Gasteiger partial charge in [-0.2, -0.15) is 0 Å². The minimum atomic E-state index is -0.366. The van der Waals surface area contributed by atoms with Crippen molar-refractivity contribution >= 4 is 17.4 Å². The number of amides is 1. The number of aromatic nitrogens is 1. The van der Waals surface area contributed by atoms with Crippen molar-refractivity contribution in [3.05, 3.63) is 63.6 Å². The smallest absolute Gasteiger partial charge is 0.255 e. The Hall–Kier alpha value is -2.69. The van der Waals surface area contributed by atoms with E-state index in [4.69, 9.17) is 0 Å². The third-order valence-electron chi connectivity index (χ3n) is 2.79. The minimum absolute atomic E-state index is 0.0342. The third-order valence-corrected chi connectivity index (χ3v) is 2.79. The molecule has 0 atom stereocenters. The molecule has 2 rings (SSSR count). The van der Waals surface area contributed by atoms with E-state index in [2.05, 4.69) is 10.3 Å². The van der Waals surface area contributed by atoms with Crippen LogP contribution in [0.4, 0.5) is 5.69 Å². The number of carbonyl (C=O) groups is 2. The summed E-state index contributed by atoms with van der Waals surface area (Å²) in [6.07, 6.45) is 0. The van der Waals surface area contributed by atoms with Crippen molar-refractivity contribution in [1.82, 2.24) is 4.98 Å². The first kappa shape index (κ1) is 13.7. The van der Waals surface area contributed by atoms with E-state index in [1.165, 1.54) is 13.0 Å². The number of Topliss-reactive ketones (excluding diaryl/α,β-unsaturated/α-hetero) is 1. The summed E-state index contributed by atoms with van der Waals surface area (Å²) in [7, 11) is 0. The van der Waals surface area contributed by atoms with Crippen LogP contribution in [0, 0.1) is 6.92 Å². The van der Waals surface area contributed by atoms with Crippen LogP contribution < -0.4 is 10.9 Å². The van der Waals surface area contributed by atoms with Gasteiger partial charge in [0.2, 0.25) is 5.56 Å². The second-order valence-corrected chi connectivity index (χ2v) is 4.50. The lowest BCUT2D eigenvalue weighted by molar-refractivity contribution is 0.101. The summed E-state index contributed by atoms with van der Waals surface area (Å²) in [5, 5.41) is 2.68. The second-order valence-electron chi connectivity index (χ2n) is 4.50. The molecule has 0 saturated carbocycles. The first-order chi connectivity index (χ1) is 9.45. The summed E-state index contributed by atoms with van der Waals surface area (Å²) < 4.78 is 0. The van der Waals surface area contributed by atoms with Crippen molar-refractivity contribution in [2.75, 3.05) is 5.32 Å². The molecule has 0 unspecified atom stereocenters. The van der Waals surface area contributed by atoms with E-state index in [0.717, 1.165) is 0 Å². The largest absolute Gasteiger partial charge is 0.326 e. The van der Waals surface area contributed by atoms with Crippen molar-refractivity contribution < 1.29 is 9.59 Å². The van der Waals surface area contributed by atoms with E-state index in [-0.39, 0.29) is 17.2 Å². The summed E-state index contributed by atoms with van der Waals surface area (Å²) in [6.45, 7) is 3.19. The molecule has 5 heteroatoms. The lowest BCUT2D eigenvalue weighted by atomic mass is 10.1. The number of pyridine rings is 1. The molecule has 5 nitrogen and oxygen atoms in total. The number of benzene rings is 1. The van der Waals surface area contributed by atoms with Crippen molar-refractivity contribution in [3.8, 4) is 0 Å². The van der Waals surface area contributed by atoms with Gasteiger partial charge in [-0.1, -0.05) is 0 Å². The van der Waals surface area contributed by atoms with Crippen molar-refractivity contribution in [2.24, 2.45) is 0 Å². The number of nitrogens with one attached hydrogen (secondary N) is 2. The highest BCUT2D eigenvalue weighted by molar-refractivity contribution is 6.04. The van der Waals surface area contributed by atoms with Crippen molar-refractivity contribution in [2.45, 2.75) is 13.8 Å². The van der Waals surface area contributed by atoms with Gasteiger partial charge in [-0.15, -0.1) is 0 Å². The molecule has 0 saturated heterocycles. The SMILES string of the molecule is CC(=O)c1ccc(NC(=O)c2cc(C)[nH]c(=O)c2)cc1. The molecule has 20 heavy (non-hydrogen) atoms. The molecular formula is C15H14N2O3. The predicted octanol–water partition coefficient (Wildman–Crippen LogP) is 2.14. The highest BCUT2D eigenvalue weighted by Crippen LogP contribution is 2.11. The lowest BCUT2D eigenvalue weighted by Crippen LogP contribution is -2.16. The van der Waals surface area contributed by atoms with Gasteiger partial charge in [0.25, 0.3) is 5.91 Å². The highest BCUT2D eigenvalue weighted by atomic mass is 16.2. The van der Waals surface area contributed by atoms with Crippen LogP contribution in [0.15, 0.2) is 41.2 Å². The van der Waals surface area contributed by atoms with Gasteiger partial charge in [-0.3, -0.25) is 14.4 Å². The zero-order valence-electron chi connectivity index (χ0n) is 11.2. The zero-order valence-corrected chi connectivity index (χ0v) is 11.2. The van der Waals surface area contributed by atoms with E-state index in [9.17, 15) is 14.4 Å². The van der Waals surface area contributed by atoms with Gasteiger partial charge in [0.1, 0.15) is 0 Å². The van der Waals surface area contributed by atoms with Crippen molar-refractivity contribution in [1.29, 1.82) is 0 Å². The Labute approximate surface area is 115 Å². The van der Waals surface area contributed by atoms with Gasteiger partial charge in [-0.25, -0.2) is 0 Å². The van der Waals surface area contributed by atoms with Crippen molar-refractivity contribution in [3.63, 3.8) is 0 Å². The molecule has 1 aromatic carbocycles. The lowest BCUT2D eigenvalue weighted by Gasteiger charge is -2.06. The topological polar surface area (TPSA) is 79.0 Å². The minimum Gasteiger partial charge on any atom is -0.326 e. The molecule has 1 amide bonds. The monoisotopic (exact) mass is 270 g/mol. The number of carbonyl (C=O) groups excluding carboxylic acids is 2. The maximum absolute atomic E-state index is 12.0. The molecule has 0 spiro atoms. The summed E-state index contributed by atoms with van der Waals surface area (Å²) in [5.41, 5.74) is 1.74. The fourth-order valence-electron chi connectivity index (χ4n) is 1.81. The van der Waals surface area contributed by atoms with Gasteiger partial charge in [0.05, 0.1) is 0 Å². The Morgan fingerprint density at radius 2 is 1.70 bits per heavy atom. The summed E-state index contributed by atoms with van der Waals surface area (Å²) in [4.78, 5) is 37.0. The van der Waals surface area contributed by atoms with Crippen LogP contribution in [0.25, 0.3) is 0 Å². The summed E-state index contributed by atoms with van der Waals surface area (Å²) in [5.74, 6) is -0.400. The second kappa shape index (κ2) is 5.52. The number of rotatable bonds is 3. The first-order valence-corrected chi connectivity index (χ1v) is 6.09. The third kappa shape index (κ3) is 3.20. The Bertz CT molecular complexity index is 715. The maximum atomic E-state index is 12.0. The Kier molecular flexibility index (Phi) is 3.79. The van der Waals surface area contributed by atoms with E-state index >= 15 is 0 Å². The fraction of sp³-hybridized carbons (Fsp3) is 0.133. The molecule has 2 N–H and O–H groups in total. The van der Waals surface area contributed by atoms with E-state index in [1.807, 2.05) is 0 Å². The van der Waals surface area contributed by atoms with Gasteiger partial charge in [-0.05, 0) is 44.2 Å². The number of hydrogen-bond acceptors (Lipinski definition) is 3. The molecule has 0 fully saturated rings. The molecular weight excluding hydrogens is 256 g/mol. The Morgan fingerprint density at radius 3 is 2.25 bits per heavy atom. The molecule has 1 aromatic heterocycles. The average molecular weight is 270 g/mol.